The van der Waals surface area contributed by atoms with Crippen LogP contribution in [0.1, 0.15) is 0 Å². The number of carbonyl (C=O) groups is 4. The standard InChI is InChI=1S/C25H32N6O8.ClH/c1-31(15-23(35)27-17-5-7-19(21(33)13-17)29-25(37)39-3)10-8-30(9-11-31)14-22(34)26-16-4-6-18(20(32)12-16)28-24(36)38-2;/h4-7,12-13H,8-11,14-15H2,1-3H3,(H5-,26,27,28,29,32,33,34,35,36,37);1H. The number of carbonyl (C=O) groups excluding carboxylic acids is 4. The average molecular weight is 581 g/mol. The molecular weight excluding hydrogens is 548 g/mol. The molecule has 0 saturated carbocycles. The predicted octanol–water partition coefficient (Wildman–Crippen LogP) is -1.20. The number of amides is 4. The third kappa shape index (κ3) is 9.18. The van der Waals surface area contributed by atoms with Crippen LogP contribution in [0.3, 0.4) is 0 Å². The van der Waals surface area contributed by atoms with E-state index in [1.54, 1.807) is 12.1 Å². The summed E-state index contributed by atoms with van der Waals surface area (Å²) in [7, 11) is 4.38. The molecular formula is C25H33ClN6O8. The average Bonchev–Trinajstić information content (AvgIpc) is 2.88. The van der Waals surface area contributed by atoms with Gasteiger partial charge in [0.1, 0.15) is 11.5 Å². The van der Waals surface area contributed by atoms with E-state index in [4.69, 9.17) is 0 Å². The molecule has 14 nitrogen and oxygen atoms in total. The molecule has 1 aliphatic rings. The summed E-state index contributed by atoms with van der Waals surface area (Å²) in [4.78, 5) is 49.8. The van der Waals surface area contributed by atoms with Crippen LogP contribution in [0.2, 0.25) is 0 Å². The summed E-state index contributed by atoms with van der Waals surface area (Å²) in [5.41, 5.74) is 1.07. The Morgan fingerprint density at radius 3 is 1.68 bits per heavy atom. The molecule has 0 spiro atoms. The highest BCUT2D eigenvalue weighted by molar-refractivity contribution is 5.94. The maximum atomic E-state index is 12.7. The number of methoxy groups -OCH3 is 2. The van der Waals surface area contributed by atoms with Crippen LogP contribution < -0.4 is 33.7 Å². The smallest absolute Gasteiger partial charge is 0.411 e. The number of likely N-dealkylation sites (N-methyl/N-ethyl adjacent to an activating group) is 1. The molecule has 1 fully saturated rings. The van der Waals surface area contributed by atoms with Gasteiger partial charge in [0.05, 0.1) is 52.3 Å². The lowest BCUT2D eigenvalue weighted by Gasteiger charge is -2.41. The zero-order chi connectivity index (χ0) is 28.6. The van der Waals surface area contributed by atoms with Gasteiger partial charge in [-0.15, -0.1) is 0 Å². The second-order valence-corrected chi connectivity index (χ2v) is 9.29. The van der Waals surface area contributed by atoms with E-state index >= 15 is 0 Å². The molecule has 0 aliphatic carbocycles. The van der Waals surface area contributed by atoms with Gasteiger partial charge in [-0.2, -0.15) is 0 Å². The highest BCUT2D eigenvalue weighted by Crippen LogP contribution is 2.28. The summed E-state index contributed by atoms with van der Waals surface area (Å²) in [5.74, 6) is -0.926. The minimum absolute atomic E-state index is 0. The lowest BCUT2D eigenvalue weighted by molar-refractivity contribution is -0.905. The molecule has 218 valence electrons. The van der Waals surface area contributed by atoms with Crippen molar-refractivity contribution in [2.45, 2.75) is 0 Å². The number of quaternary nitrogens is 1. The Kier molecular flexibility index (Phi) is 11.3. The fourth-order valence-corrected chi connectivity index (χ4v) is 4.01. The van der Waals surface area contributed by atoms with E-state index in [2.05, 4.69) is 30.7 Å². The first-order valence-electron chi connectivity index (χ1n) is 12.0. The molecule has 1 aliphatic heterocycles. The Hall–Kier alpha value is -4.27. The molecule has 2 aromatic carbocycles. The summed E-state index contributed by atoms with van der Waals surface area (Å²) in [6, 6.07) is 8.68. The van der Waals surface area contributed by atoms with Crippen molar-refractivity contribution in [3.63, 3.8) is 0 Å². The first-order valence-corrected chi connectivity index (χ1v) is 12.0. The zero-order valence-corrected chi connectivity index (χ0v) is 23.1. The highest BCUT2D eigenvalue weighted by Gasteiger charge is 2.31. The largest absolute Gasteiger partial charge is 1.00 e. The second kappa shape index (κ2) is 14.2. The van der Waals surface area contributed by atoms with Gasteiger partial charge in [0, 0.05) is 36.6 Å². The minimum atomic E-state index is -0.724. The van der Waals surface area contributed by atoms with E-state index in [1.807, 2.05) is 11.9 Å². The van der Waals surface area contributed by atoms with Crippen molar-refractivity contribution in [2.24, 2.45) is 0 Å². The monoisotopic (exact) mass is 580 g/mol. The number of piperazine rings is 1. The Bertz CT molecular complexity index is 1240. The fourth-order valence-electron chi connectivity index (χ4n) is 4.01. The van der Waals surface area contributed by atoms with Gasteiger partial charge in [-0.1, -0.05) is 0 Å². The first kappa shape index (κ1) is 31.9. The maximum Gasteiger partial charge on any atom is 0.411 e. The molecule has 0 bridgehead atoms. The quantitative estimate of drug-likeness (QED) is 0.165. The van der Waals surface area contributed by atoms with Crippen molar-refractivity contribution < 1.29 is 55.8 Å². The van der Waals surface area contributed by atoms with E-state index in [-0.39, 0.29) is 60.2 Å². The molecule has 1 saturated heterocycles. The second-order valence-electron chi connectivity index (χ2n) is 9.29. The Balaban J connectivity index is 0.00000560. The topological polar surface area (TPSA) is 179 Å². The van der Waals surface area contributed by atoms with Gasteiger partial charge in [0.2, 0.25) is 5.91 Å². The summed E-state index contributed by atoms with van der Waals surface area (Å²) in [5, 5.41) is 30.4. The van der Waals surface area contributed by atoms with Crippen LogP contribution in [0.4, 0.5) is 32.3 Å². The number of halogens is 1. The molecule has 3 rings (SSSR count). The van der Waals surface area contributed by atoms with E-state index in [9.17, 15) is 29.4 Å². The summed E-state index contributed by atoms with van der Waals surface area (Å²) in [6.45, 7) is 2.82. The van der Waals surface area contributed by atoms with Crippen molar-refractivity contribution in [2.75, 3.05) is 81.8 Å². The van der Waals surface area contributed by atoms with Gasteiger partial charge in [-0.3, -0.25) is 25.1 Å². The number of phenolic OH excluding ortho intramolecular Hbond substituents is 2. The molecule has 15 heteroatoms. The molecule has 0 unspecified atom stereocenters. The van der Waals surface area contributed by atoms with E-state index in [1.165, 1.54) is 38.5 Å². The molecule has 2 aromatic rings. The molecule has 4 amide bonds. The van der Waals surface area contributed by atoms with Gasteiger partial charge < -0.3 is 47.2 Å². The van der Waals surface area contributed by atoms with E-state index in [0.717, 1.165) is 0 Å². The van der Waals surface area contributed by atoms with Crippen molar-refractivity contribution >= 4 is 46.8 Å². The van der Waals surface area contributed by atoms with Crippen LogP contribution in [0.5, 0.6) is 11.5 Å². The van der Waals surface area contributed by atoms with Gasteiger partial charge in [0.15, 0.2) is 6.54 Å². The van der Waals surface area contributed by atoms with Crippen LogP contribution in [-0.2, 0) is 19.1 Å². The Morgan fingerprint density at radius 1 is 0.800 bits per heavy atom. The van der Waals surface area contributed by atoms with Crippen LogP contribution >= 0.6 is 0 Å². The van der Waals surface area contributed by atoms with E-state index in [0.29, 0.717) is 42.0 Å². The lowest BCUT2D eigenvalue weighted by Crippen LogP contribution is -3.00. The van der Waals surface area contributed by atoms with Crippen LogP contribution in [-0.4, -0.2) is 104 Å². The number of nitrogens with zero attached hydrogens (tertiary/aromatic N) is 2. The minimum Gasteiger partial charge on any atom is -1.00 e. The van der Waals surface area contributed by atoms with Gasteiger partial charge in [-0.25, -0.2) is 9.59 Å². The summed E-state index contributed by atoms with van der Waals surface area (Å²) < 4.78 is 9.46. The van der Waals surface area contributed by atoms with Gasteiger partial charge >= 0.3 is 12.2 Å². The molecule has 0 radical (unpaired) electrons. The van der Waals surface area contributed by atoms with Crippen molar-refractivity contribution in [1.82, 2.24) is 4.90 Å². The summed E-state index contributed by atoms with van der Waals surface area (Å²) in [6.07, 6.45) is -1.45. The number of hydrogen-bond acceptors (Lipinski definition) is 9. The number of rotatable bonds is 8. The van der Waals surface area contributed by atoms with Gasteiger partial charge in [-0.05, 0) is 24.3 Å². The number of nitrogens with one attached hydrogen (secondary N) is 4. The number of aromatic hydroxyl groups is 2. The Morgan fingerprint density at radius 2 is 1.25 bits per heavy atom. The molecule has 0 atom stereocenters. The number of hydrogen-bond donors (Lipinski definition) is 6. The van der Waals surface area contributed by atoms with Crippen molar-refractivity contribution in [3.8, 4) is 11.5 Å². The number of ether oxygens (including phenoxy) is 2. The van der Waals surface area contributed by atoms with Crippen LogP contribution in [0.25, 0.3) is 0 Å². The molecule has 6 N–H and O–H groups in total. The third-order valence-electron chi connectivity index (χ3n) is 6.21. The normalized spacial score (nSPS) is 14.2. The predicted molar refractivity (Wildman–Crippen MR) is 143 cm³/mol. The molecule has 1 heterocycles. The number of anilines is 4. The Labute approximate surface area is 237 Å². The molecule has 0 aromatic heterocycles. The number of benzene rings is 2. The highest BCUT2D eigenvalue weighted by atomic mass is 35.5. The fraction of sp³-hybridized carbons (Fsp3) is 0.360. The SMILES string of the molecule is COC(=O)Nc1ccc(NC(=O)CN2CC[N+](C)(CC(=O)Nc3ccc(NC(=O)OC)c(O)c3)CC2)cc1O.[Cl-]. The zero-order valence-electron chi connectivity index (χ0n) is 22.3. The molecule has 40 heavy (non-hydrogen) atoms. The van der Waals surface area contributed by atoms with Crippen LogP contribution in [0, 0.1) is 0 Å². The summed E-state index contributed by atoms with van der Waals surface area (Å²) >= 11 is 0. The van der Waals surface area contributed by atoms with Crippen molar-refractivity contribution in [1.29, 1.82) is 0 Å². The third-order valence-corrected chi connectivity index (χ3v) is 6.21. The van der Waals surface area contributed by atoms with Gasteiger partial charge in [0.25, 0.3) is 5.91 Å². The van der Waals surface area contributed by atoms with E-state index < -0.39 is 12.2 Å². The lowest BCUT2D eigenvalue weighted by atomic mass is 10.2. The maximum absolute atomic E-state index is 12.7. The van der Waals surface area contributed by atoms with Crippen LogP contribution in [0.15, 0.2) is 36.4 Å². The first-order chi connectivity index (χ1) is 18.5. The number of phenols is 2. The van der Waals surface area contributed by atoms with Crippen molar-refractivity contribution in [3.05, 3.63) is 36.4 Å².